The Morgan fingerprint density at radius 3 is 2.87 bits per heavy atom. The Hall–Kier alpha value is -2.54. The summed E-state index contributed by atoms with van der Waals surface area (Å²) >= 11 is 1.39. The van der Waals surface area contributed by atoms with Crippen molar-refractivity contribution in [3.63, 3.8) is 0 Å². The smallest absolute Gasteiger partial charge is 0.305 e. The van der Waals surface area contributed by atoms with Crippen molar-refractivity contribution in [2.24, 2.45) is 10.2 Å². The van der Waals surface area contributed by atoms with Crippen molar-refractivity contribution in [3.05, 3.63) is 45.4 Å². The maximum absolute atomic E-state index is 13.2. The van der Waals surface area contributed by atoms with Gasteiger partial charge >= 0.3 is 5.91 Å². The molecule has 3 rings (SSSR count). The summed E-state index contributed by atoms with van der Waals surface area (Å²) in [7, 11) is 0. The van der Waals surface area contributed by atoms with Crippen LogP contribution in [0.5, 0.6) is 5.88 Å². The summed E-state index contributed by atoms with van der Waals surface area (Å²) in [5.74, 6) is -1.15. The molecule has 0 saturated heterocycles. The van der Waals surface area contributed by atoms with Gasteiger partial charge in [0.2, 0.25) is 5.88 Å². The van der Waals surface area contributed by atoms with Gasteiger partial charge < -0.3 is 10.1 Å². The van der Waals surface area contributed by atoms with Crippen molar-refractivity contribution in [3.8, 4) is 5.88 Å². The zero-order valence-electron chi connectivity index (χ0n) is 12.6. The summed E-state index contributed by atoms with van der Waals surface area (Å²) in [4.78, 5) is 16.4. The number of nitrogens with zero attached hydrogens (tertiary/aromatic N) is 2. The van der Waals surface area contributed by atoms with Gasteiger partial charge in [-0.1, -0.05) is 6.92 Å². The van der Waals surface area contributed by atoms with Crippen LogP contribution in [-0.4, -0.2) is 16.0 Å². The number of benzene rings is 1. The minimum atomic E-state index is -0.464. The SMILES string of the molecule is CCc1sc(C(=O)N=Nc2c(O)[nH]c3cc(F)ccc23)cc1C. The molecule has 5 nitrogen and oxygen atoms in total. The molecule has 2 heterocycles. The minimum Gasteiger partial charge on any atom is -0.493 e. The van der Waals surface area contributed by atoms with Crippen LogP contribution in [0.4, 0.5) is 10.1 Å². The van der Waals surface area contributed by atoms with Crippen molar-refractivity contribution in [2.45, 2.75) is 20.3 Å². The maximum atomic E-state index is 13.2. The van der Waals surface area contributed by atoms with E-state index in [0.717, 1.165) is 16.9 Å². The highest BCUT2D eigenvalue weighted by molar-refractivity contribution is 7.14. The summed E-state index contributed by atoms with van der Waals surface area (Å²) in [6.45, 7) is 3.97. The van der Waals surface area contributed by atoms with Gasteiger partial charge in [0.05, 0.1) is 10.4 Å². The fourth-order valence-electron chi connectivity index (χ4n) is 2.36. The van der Waals surface area contributed by atoms with Crippen LogP contribution in [0.25, 0.3) is 10.9 Å². The number of nitrogens with one attached hydrogen (secondary N) is 1. The van der Waals surface area contributed by atoms with E-state index in [1.807, 2.05) is 13.8 Å². The number of aromatic nitrogens is 1. The van der Waals surface area contributed by atoms with Crippen LogP contribution in [-0.2, 0) is 6.42 Å². The van der Waals surface area contributed by atoms with E-state index in [9.17, 15) is 14.3 Å². The molecule has 0 spiro atoms. The van der Waals surface area contributed by atoms with Crippen molar-refractivity contribution < 1.29 is 14.3 Å². The number of aryl methyl sites for hydroxylation is 2. The van der Waals surface area contributed by atoms with E-state index in [0.29, 0.717) is 15.8 Å². The number of azo groups is 1. The van der Waals surface area contributed by atoms with Gasteiger partial charge in [-0.2, -0.15) is 0 Å². The van der Waals surface area contributed by atoms with Crippen LogP contribution in [0.1, 0.15) is 27.0 Å². The third-order valence-electron chi connectivity index (χ3n) is 3.51. The lowest BCUT2D eigenvalue weighted by molar-refractivity contribution is 0.0999. The highest BCUT2D eigenvalue weighted by Gasteiger charge is 2.14. The molecule has 2 N–H and O–H groups in total. The summed E-state index contributed by atoms with van der Waals surface area (Å²) in [5, 5.41) is 17.9. The maximum Gasteiger partial charge on any atom is 0.305 e. The van der Waals surface area contributed by atoms with E-state index in [1.165, 1.54) is 29.5 Å². The fraction of sp³-hybridized carbons (Fsp3) is 0.188. The standard InChI is InChI=1S/C16H14FN3O2S/c1-3-12-8(2)6-13(23-12)15(21)20-19-14-10-5-4-9(17)7-11(10)18-16(14)22/h4-7,18,22H,3H2,1-2H3. The van der Waals surface area contributed by atoms with E-state index in [-0.39, 0.29) is 11.6 Å². The Balaban J connectivity index is 1.93. The number of thiophene rings is 1. The monoisotopic (exact) mass is 331 g/mol. The van der Waals surface area contributed by atoms with Gasteiger partial charge in [-0.05, 0) is 43.2 Å². The third-order valence-corrected chi connectivity index (χ3v) is 4.88. The molecule has 0 atom stereocenters. The molecule has 1 aromatic carbocycles. The molecule has 3 aromatic rings. The summed E-state index contributed by atoms with van der Waals surface area (Å²) in [6.07, 6.45) is 0.857. The lowest BCUT2D eigenvalue weighted by atomic mass is 10.2. The lowest BCUT2D eigenvalue weighted by Crippen LogP contribution is -1.88. The van der Waals surface area contributed by atoms with Gasteiger partial charge in [0.25, 0.3) is 0 Å². The number of halogens is 1. The first kappa shape index (κ1) is 15.4. The quantitative estimate of drug-likeness (QED) is 0.672. The van der Waals surface area contributed by atoms with Gasteiger partial charge in [0.15, 0.2) is 5.69 Å². The summed E-state index contributed by atoms with van der Waals surface area (Å²) < 4.78 is 13.2. The van der Waals surface area contributed by atoms with Gasteiger partial charge in [-0.3, -0.25) is 4.79 Å². The van der Waals surface area contributed by atoms with Crippen LogP contribution < -0.4 is 0 Å². The minimum absolute atomic E-state index is 0.123. The molecule has 0 unspecified atom stereocenters. The van der Waals surface area contributed by atoms with Gasteiger partial charge in [-0.25, -0.2) is 4.39 Å². The fourth-order valence-corrected chi connectivity index (χ4v) is 3.36. The van der Waals surface area contributed by atoms with Crippen molar-refractivity contribution in [1.82, 2.24) is 4.98 Å². The van der Waals surface area contributed by atoms with Gasteiger partial charge in [0, 0.05) is 10.3 Å². The Morgan fingerprint density at radius 2 is 2.17 bits per heavy atom. The average Bonchev–Trinajstić information content (AvgIpc) is 3.03. The first-order valence-corrected chi connectivity index (χ1v) is 7.86. The molecular weight excluding hydrogens is 317 g/mol. The number of amides is 1. The second kappa shape index (κ2) is 5.92. The van der Waals surface area contributed by atoms with Crippen LogP contribution in [0.3, 0.4) is 0 Å². The Kier molecular flexibility index (Phi) is 3.96. The number of fused-ring (bicyclic) bond motifs is 1. The summed E-state index contributed by atoms with van der Waals surface area (Å²) in [6, 6.07) is 5.76. The van der Waals surface area contributed by atoms with E-state index in [1.54, 1.807) is 6.07 Å². The van der Waals surface area contributed by atoms with E-state index in [4.69, 9.17) is 0 Å². The number of hydrogen-bond donors (Lipinski definition) is 2. The molecule has 118 valence electrons. The normalized spacial score (nSPS) is 11.6. The number of carbonyl (C=O) groups is 1. The second-order valence-corrected chi connectivity index (χ2v) is 6.22. The van der Waals surface area contributed by atoms with Gasteiger partial charge in [-0.15, -0.1) is 21.6 Å². The molecule has 0 fully saturated rings. The van der Waals surface area contributed by atoms with Crippen LogP contribution in [0.15, 0.2) is 34.5 Å². The zero-order valence-corrected chi connectivity index (χ0v) is 13.4. The number of rotatable bonds is 3. The Bertz CT molecular complexity index is 927. The molecule has 2 aromatic heterocycles. The number of aromatic hydroxyl groups is 1. The molecule has 0 bridgehead atoms. The highest BCUT2D eigenvalue weighted by atomic mass is 32.1. The Morgan fingerprint density at radius 1 is 1.39 bits per heavy atom. The highest BCUT2D eigenvalue weighted by Crippen LogP contribution is 2.36. The first-order chi connectivity index (χ1) is 11.0. The van der Waals surface area contributed by atoms with Crippen molar-refractivity contribution >= 4 is 33.8 Å². The summed E-state index contributed by atoms with van der Waals surface area (Å²) in [5.41, 5.74) is 1.57. The van der Waals surface area contributed by atoms with Crippen LogP contribution in [0, 0.1) is 12.7 Å². The molecule has 23 heavy (non-hydrogen) atoms. The molecule has 0 aliphatic rings. The molecule has 0 aliphatic heterocycles. The zero-order chi connectivity index (χ0) is 16.6. The lowest BCUT2D eigenvalue weighted by Gasteiger charge is -1.92. The third kappa shape index (κ3) is 2.87. The van der Waals surface area contributed by atoms with Crippen LogP contribution >= 0.6 is 11.3 Å². The predicted octanol–water partition coefficient (Wildman–Crippen LogP) is 4.87. The van der Waals surface area contributed by atoms with Crippen LogP contribution in [0.2, 0.25) is 0 Å². The van der Waals surface area contributed by atoms with Gasteiger partial charge in [0.1, 0.15) is 5.82 Å². The molecule has 0 radical (unpaired) electrons. The van der Waals surface area contributed by atoms with E-state index in [2.05, 4.69) is 15.2 Å². The molecule has 1 amide bonds. The Labute approximate surface area is 135 Å². The van der Waals surface area contributed by atoms with Crippen molar-refractivity contribution in [1.29, 1.82) is 0 Å². The van der Waals surface area contributed by atoms with Crippen molar-refractivity contribution in [2.75, 3.05) is 0 Å². The molecule has 7 heteroatoms. The number of aromatic amines is 1. The average molecular weight is 331 g/mol. The molecule has 0 aliphatic carbocycles. The predicted molar refractivity (Wildman–Crippen MR) is 87.2 cm³/mol. The van der Waals surface area contributed by atoms with E-state index >= 15 is 0 Å². The largest absolute Gasteiger partial charge is 0.493 e. The number of H-pyrrole nitrogens is 1. The second-order valence-electron chi connectivity index (χ2n) is 5.09. The number of hydrogen-bond acceptors (Lipinski definition) is 4. The van der Waals surface area contributed by atoms with E-state index < -0.39 is 11.7 Å². The topological polar surface area (TPSA) is 77.8 Å². The number of carbonyl (C=O) groups excluding carboxylic acids is 1. The molecular formula is C16H14FN3O2S. The molecule has 0 saturated carbocycles. The first-order valence-electron chi connectivity index (χ1n) is 7.05.